The summed E-state index contributed by atoms with van der Waals surface area (Å²) in [6.45, 7) is 9.72. The van der Waals surface area contributed by atoms with Crippen molar-refractivity contribution in [1.82, 2.24) is 0 Å². The Morgan fingerprint density at radius 2 is 1.78 bits per heavy atom. The molecule has 2 atom stereocenters. The van der Waals surface area contributed by atoms with Gasteiger partial charge in [0.1, 0.15) is 6.10 Å². The molecule has 0 rings (SSSR count). The molecule has 0 saturated carbocycles. The monoisotopic (exact) mass is 258 g/mol. The van der Waals surface area contributed by atoms with Gasteiger partial charge in [-0.2, -0.15) is 0 Å². The predicted octanol–water partition coefficient (Wildman–Crippen LogP) is 3.54. The van der Waals surface area contributed by atoms with Crippen molar-refractivity contribution in [3.8, 4) is 0 Å². The lowest BCUT2D eigenvalue weighted by molar-refractivity contribution is -0.164. The molecule has 18 heavy (non-hydrogen) atoms. The third kappa shape index (κ3) is 6.39. The predicted molar refractivity (Wildman–Crippen MR) is 74.3 cm³/mol. The van der Waals surface area contributed by atoms with Gasteiger partial charge in [0.05, 0.1) is 12.0 Å². The normalized spacial score (nSPS) is 15.2. The highest BCUT2D eigenvalue weighted by atomic mass is 16.6. The summed E-state index contributed by atoms with van der Waals surface area (Å²) in [5, 5.41) is 9.46. The second-order valence-corrected chi connectivity index (χ2v) is 6.07. The maximum Gasteiger partial charge on any atom is 0.311 e. The third-order valence-electron chi connectivity index (χ3n) is 3.16. The molecule has 0 spiro atoms. The van der Waals surface area contributed by atoms with Crippen molar-refractivity contribution in [2.24, 2.45) is 11.3 Å². The molecule has 0 aromatic carbocycles. The maximum absolute atomic E-state index is 11.9. The Morgan fingerprint density at radius 3 is 2.17 bits per heavy atom. The standard InChI is InChI=1S/C15H30O3/c1-6-8-10-12(9-7-2)13(11-16)18-14(17)15(3,4)5/h12-13,16H,6-11H2,1-5H3/t12-,13-/m0/s1. The van der Waals surface area contributed by atoms with Gasteiger partial charge in [0.25, 0.3) is 0 Å². The minimum atomic E-state index is -0.505. The first-order chi connectivity index (χ1) is 8.36. The topological polar surface area (TPSA) is 46.5 Å². The first-order valence-corrected chi connectivity index (χ1v) is 7.18. The van der Waals surface area contributed by atoms with E-state index < -0.39 is 5.41 Å². The van der Waals surface area contributed by atoms with E-state index in [4.69, 9.17) is 4.74 Å². The van der Waals surface area contributed by atoms with Crippen molar-refractivity contribution in [2.75, 3.05) is 6.61 Å². The zero-order chi connectivity index (χ0) is 14.2. The summed E-state index contributed by atoms with van der Waals surface area (Å²) in [6, 6.07) is 0. The van der Waals surface area contributed by atoms with Crippen LogP contribution in [0.5, 0.6) is 0 Å². The molecule has 0 heterocycles. The highest BCUT2D eigenvalue weighted by Gasteiger charge is 2.29. The molecule has 0 aliphatic heterocycles. The van der Waals surface area contributed by atoms with Crippen LogP contribution in [0.25, 0.3) is 0 Å². The molecule has 0 aliphatic rings. The van der Waals surface area contributed by atoms with Gasteiger partial charge in [-0.1, -0.05) is 33.1 Å². The molecule has 3 nitrogen and oxygen atoms in total. The average molecular weight is 258 g/mol. The molecule has 0 aromatic heterocycles. The summed E-state index contributed by atoms with van der Waals surface area (Å²) in [7, 11) is 0. The van der Waals surface area contributed by atoms with Crippen molar-refractivity contribution in [3.63, 3.8) is 0 Å². The van der Waals surface area contributed by atoms with Crippen LogP contribution in [0.3, 0.4) is 0 Å². The summed E-state index contributed by atoms with van der Waals surface area (Å²) in [4.78, 5) is 11.9. The van der Waals surface area contributed by atoms with Gasteiger partial charge in [0.15, 0.2) is 0 Å². The molecular weight excluding hydrogens is 228 g/mol. The van der Waals surface area contributed by atoms with Gasteiger partial charge in [-0.3, -0.25) is 4.79 Å². The SMILES string of the molecule is CCCC[C@H](CCC)[C@H](CO)OC(=O)C(C)(C)C. The number of rotatable bonds is 8. The van der Waals surface area contributed by atoms with Crippen molar-refractivity contribution in [3.05, 3.63) is 0 Å². The van der Waals surface area contributed by atoms with E-state index in [9.17, 15) is 9.90 Å². The van der Waals surface area contributed by atoms with Gasteiger partial charge in [-0.25, -0.2) is 0 Å². The summed E-state index contributed by atoms with van der Waals surface area (Å²) < 4.78 is 5.49. The van der Waals surface area contributed by atoms with Crippen LogP contribution in [0.4, 0.5) is 0 Å². The number of carbonyl (C=O) groups is 1. The second-order valence-electron chi connectivity index (χ2n) is 6.07. The molecule has 3 heteroatoms. The van der Waals surface area contributed by atoms with Crippen molar-refractivity contribution < 1.29 is 14.6 Å². The third-order valence-corrected chi connectivity index (χ3v) is 3.16. The Balaban J connectivity index is 4.53. The molecule has 108 valence electrons. The van der Waals surface area contributed by atoms with Gasteiger partial charge >= 0.3 is 5.97 Å². The number of hydrogen-bond acceptors (Lipinski definition) is 3. The van der Waals surface area contributed by atoms with Crippen LogP contribution >= 0.6 is 0 Å². The first-order valence-electron chi connectivity index (χ1n) is 7.18. The second kappa shape index (κ2) is 8.52. The largest absolute Gasteiger partial charge is 0.459 e. The van der Waals surface area contributed by atoms with Gasteiger partial charge in [0, 0.05) is 0 Å². The van der Waals surface area contributed by atoms with Gasteiger partial charge in [0.2, 0.25) is 0 Å². The van der Waals surface area contributed by atoms with E-state index in [1.54, 1.807) is 0 Å². The summed E-state index contributed by atoms with van der Waals surface area (Å²) >= 11 is 0. The van der Waals surface area contributed by atoms with Gasteiger partial charge in [-0.15, -0.1) is 0 Å². The van der Waals surface area contributed by atoms with E-state index >= 15 is 0 Å². The number of ether oxygens (including phenoxy) is 1. The first kappa shape index (κ1) is 17.4. The van der Waals surface area contributed by atoms with Crippen LogP contribution in [0.15, 0.2) is 0 Å². The lowest BCUT2D eigenvalue weighted by Gasteiger charge is -2.28. The quantitative estimate of drug-likeness (QED) is 0.677. The Bertz CT molecular complexity index is 230. The van der Waals surface area contributed by atoms with E-state index in [-0.39, 0.29) is 24.6 Å². The minimum absolute atomic E-state index is 0.0732. The van der Waals surface area contributed by atoms with E-state index in [1.807, 2.05) is 20.8 Å². The minimum Gasteiger partial charge on any atom is -0.459 e. The summed E-state index contributed by atoms with van der Waals surface area (Å²) in [5.74, 6) is 0.0606. The van der Waals surface area contributed by atoms with Crippen LogP contribution in [0, 0.1) is 11.3 Å². The Labute approximate surface area is 112 Å². The molecule has 0 aromatic rings. The molecule has 0 fully saturated rings. The van der Waals surface area contributed by atoms with E-state index in [2.05, 4.69) is 13.8 Å². The van der Waals surface area contributed by atoms with Crippen molar-refractivity contribution in [2.45, 2.75) is 72.8 Å². The maximum atomic E-state index is 11.9. The van der Waals surface area contributed by atoms with Crippen LogP contribution in [-0.4, -0.2) is 23.8 Å². The van der Waals surface area contributed by atoms with Crippen molar-refractivity contribution >= 4 is 5.97 Å². The lowest BCUT2D eigenvalue weighted by atomic mass is 9.91. The molecule has 0 amide bonds. The number of aliphatic hydroxyl groups excluding tert-OH is 1. The molecular formula is C15H30O3. The van der Waals surface area contributed by atoms with Crippen LogP contribution < -0.4 is 0 Å². The Kier molecular flexibility index (Phi) is 8.25. The van der Waals surface area contributed by atoms with E-state index in [1.165, 1.54) is 0 Å². The molecule has 1 N–H and O–H groups in total. The Hall–Kier alpha value is -0.570. The van der Waals surface area contributed by atoms with Crippen molar-refractivity contribution in [1.29, 1.82) is 0 Å². The number of esters is 1. The summed E-state index contributed by atoms with van der Waals surface area (Å²) in [6.07, 6.45) is 4.98. The average Bonchev–Trinajstić information content (AvgIpc) is 2.30. The fraction of sp³-hybridized carbons (Fsp3) is 0.933. The van der Waals surface area contributed by atoms with Crippen LogP contribution in [0.2, 0.25) is 0 Å². The molecule has 0 unspecified atom stereocenters. The number of hydrogen-bond donors (Lipinski definition) is 1. The highest BCUT2D eigenvalue weighted by Crippen LogP contribution is 2.24. The lowest BCUT2D eigenvalue weighted by Crippen LogP contribution is -2.35. The fourth-order valence-corrected chi connectivity index (χ4v) is 1.95. The van der Waals surface area contributed by atoms with Gasteiger partial charge < -0.3 is 9.84 Å². The smallest absolute Gasteiger partial charge is 0.311 e. The van der Waals surface area contributed by atoms with E-state index in [0.29, 0.717) is 0 Å². The number of aliphatic hydroxyl groups is 1. The molecule has 0 saturated heterocycles. The Morgan fingerprint density at radius 1 is 1.17 bits per heavy atom. The highest BCUT2D eigenvalue weighted by molar-refractivity contribution is 5.75. The van der Waals surface area contributed by atoms with Crippen LogP contribution in [-0.2, 0) is 9.53 Å². The molecule has 0 aliphatic carbocycles. The number of carbonyl (C=O) groups excluding carboxylic acids is 1. The van der Waals surface area contributed by atoms with Crippen LogP contribution in [0.1, 0.15) is 66.7 Å². The van der Waals surface area contributed by atoms with Gasteiger partial charge in [-0.05, 0) is 39.5 Å². The number of unbranched alkanes of at least 4 members (excludes halogenated alkanes) is 1. The molecule has 0 bridgehead atoms. The summed E-state index contributed by atoms with van der Waals surface area (Å²) in [5.41, 5.74) is -0.505. The molecule has 0 radical (unpaired) electrons. The zero-order valence-electron chi connectivity index (χ0n) is 12.7. The fourth-order valence-electron chi connectivity index (χ4n) is 1.95. The zero-order valence-corrected chi connectivity index (χ0v) is 12.7. The van der Waals surface area contributed by atoms with E-state index in [0.717, 1.165) is 32.1 Å².